The maximum absolute atomic E-state index is 5.52. The van der Waals surface area contributed by atoms with Crippen LogP contribution >= 0.6 is 31.9 Å². The third kappa shape index (κ3) is 5.30. The minimum atomic E-state index is 0.555. The molecule has 0 unspecified atom stereocenters. The van der Waals surface area contributed by atoms with E-state index in [0.717, 1.165) is 26.1 Å². The normalized spacial score (nSPS) is 10.4. The molecule has 0 saturated carbocycles. The Morgan fingerprint density at radius 2 is 1.90 bits per heavy atom. The first-order chi connectivity index (χ1) is 10.2. The predicted molar refractivity (Wildman–Crippen MR) is 90.8 cm³/mol. The van der Waals surface area contributed by atoms with Crippen molar-refractivity contribution in [1.29, 1.82) is 0 Å². The highest BCUT2D eigenvalue weighted by Gasteiger charge is 2.02. The van der Waals surface area contributed by atoms with Gasteiger partial charge in [-0.15, -0.1) is 0 Å². The first kappa shape index (κ1) is 16.3. The lowest BCUT2D eigenvalue weighted by Crippen LogP contribution is -2.05. The van der Waals surface area contributed by atoms with Gasteiger partial charge < -0.3 is 14.8 Å². The predicted octanol–water partition coefficient (Wildman–Crippen LogP) is 4.24. The molecule has 4 nitrogen and oxygen atoms in total. The molecule has 0 fully saturated rings. The molecule has 0 saturated heterocycles. The number of ether oxygens (including phenoxy) is 2. The smallest absolute Gasteiger partial charge is 0.119 e. The summed E-state index contributed by atoms with van der Waals surface area (Å²) in [7, 11) is 1.66. The van der Waals surface area contributed by atoms with Gasteiger partial charge in [0.15, 0.2) is 0 Å². The van der Waals surface area contributed by atoms with E-state index >= 15 is 0 Å². The van der Waals surface area contributed by atoms with Crippen LogP contribution < -0.4 is 10.1 Å². The van der Waals surface area contributed by atoms with Crippen LogP contribution in [0.15, 0.2) is 45.5 Å². The highest BCUT2D eigenvalue weighted by molar-refractivity contribution is 9.11. The van der Waals surface area contributed by atoms with Crippen LogP contribution in [0.25, 0.3) is 0 Å². The van der Waals surface area contributed by atoms with Crippen molar-refractivity contribution in [3.63, 3.8) is 0 Å². The lowest BCUT2D eigenvalue weighted by Gasteiger charge is -2.09. The molecule has 0 radical (unpaired) electrons. The van der Waals surface area contributed by atoms with Crippen molar-refractivity contribution in [1.82, 2.24) is 4.98 Å². The van der Waals surface area contributed by atoms with Crippen molar-refractivity contribution >= 4 is 37.5 Å². The van der Waals surface area contributed by atoms with Gasteiger partial charge in [0.05, 0.1) is 18.8 Å². The molecule has 1 N–H and O–H groups in total. The van der Waals surface area contributed by atoms with Gasteiger partial charge in [0.25, 0.3) is 0 Å². The Labute approximate surface area is 141 Å². The minimum absolute atomic E-state index is 0.555. The number of rotatable bonds is 7. The fourth-order valence-corrected chi connectivity index (χ4v) is 2.80. The van der Waals surface area contributed by atoms with E-state index < -0.39 is 0 Å². The number of anilines is 1. The molecular weight excluding hydrogens is 400 g/mol. The Hall–Kier alpha value is -1.11. The van der Waals surface area contributed by atoms with Crippen LogP contribution in [0, 0.1) is 0 Å². The number of hydrogen-bond donors (Lipinski definition) is 1. The van der Waals surface area contributed by atoms with E-state index in [1.54, 1.807) is 13.3 Å². The molecular formula is C15H16Br2N2O2. The zero-order valence-electron chi connectivity index (χ0n) is 11.6. The van der Waals surface area contributed by atoms with Gasteiger partial charge in [0.1, 0.15) is 12.4 Å². The van der Waals surface area contributed by atoms with Gasteiger partial charge in [-0.2, -0.15) is 0 Å². The quantitative estimate of drug-likeness (QED) is 0.686. The highest BCUT2D eigenvalue weighted by atomic mass is 79.9. The molecule has 2 aromatic rings. The second-order valence-corrected chi connectivity index (χ2v) is 6.07. The third-order valence-electron chi connectivity index (χ3n) is 2.75. The van der Waals surface area contributed by atoms with E-state index in [-0.39, 0.29) is 0 Å². The lowest BCUT2D eigenvalue weighted by atomic mass is 10.3. The molecule has 2 rings (SSSR count). The summed E-state index contributed by atoms with van der Waals surface area (Å²) >= 11 is 6.89. The molecule has 21 heavy (non-hydrogen) atoms. The van der Waals surface area contributed by atoms with Crippen LogP contribution in [-0.4, -0.2) is 25.3 Å². The Morgan fingerprint density at radius 3 is 2.57 bits per heavy atom. The molecule has 1 aromatic carbocycles. The summed E-state index contributed by atoms with van der Waals surface area (Å²) in [6.07, 6.45) is 1.79. The molecule has 0 bridgehead atoms. The Kier molecular flexibility index (Phi) is 6.48. The second-order valence-electron chi connectivity index (χ2n) is 4.30. The Balaban J connectivity index is 1.88. The number of pyridine rings is 1. The molecule has 0 aliphatic heterocycles. The van der Waals surface area contributed by atoms with Gasteiger partial charge in [-0.25, -0.2) is 0 Å². The third-order valence-corrected chi connectivity index (χ3v) is 3.87. The van der Waals surface area contributed by atoms with E-state index in [4.69, 9.17) is 9.47 Å². The molecule has 0 amide bonds. The summed E-state index contributed by atoms with van der Waals surface area (Å²) in [5.41, 5.74) is 1.98. The molecule has 0 atom stereocenters. The lowest BCUT2D eigenvalue weighted by molar-refractivity contribution is 0.146. The Morgan fingerprint density at radius 1 is 1.14 bits per heavy atom. The minimum Gasteiger partial charge on any atom is -0.491 e. The number of methoxy groups -OCH3 is 1. The fourth-order valence-electron chi connectivity index (χ4n) is 1.67. The van der Waals surface area contributed by atoms with E-state index in [0.29, 0.717) is 19.8 Å². The number of benzene rings is 1. The van der Waals surface area contributed by atoms with E-state index in [1.807, 2.05) is 30.3 Å². The van der Waals surface area contributed by atoms with Gasteiger partial charge in [0.2, 0.25) is 0 Å². The number of nitrogens with zero attached hydrogens (tertiary/aromatic N) is 1. The maximum Gasteiger partial charge on any atom is 0.119 e. The van der Waals surface area contributed by atoms with Crippen molar-refractivity contribution < 1.29 is 9.47 Å². The Bertz CT molecular complexity index is 576. The van der Waals surface area contributed by atoms with Gasteiger partial charge in [-0.05, 0) is 62.2 Å². The molecule has 6 heteroatoms. The van der Waals surface area contributed by atoms with Gasteiger partial charge in [0, 0.05) is 27.9 Å². The van der Waals surface area contributed by atoms with Crippen LogP contribution in [0.2, 0.25) is 0 Å². The number of hydrogen-bond acceptors (Lipinski definition) is 4. The van der Waals surface area contributed by atoms with Crippen molar-refractivity contribution in [2.24, 2.45) is 0 Å². The fraction of sp³-hybridized carbons (Fsp3) is 0.267. The monoisotopic (exact) mass is 414 g/mol. The van der Waals surface area contributed by atoms with Crippen molar-refractivity contribution in [3.05, 3.63) is 51.2 Å². The summed E-state index contributed by atoms with van der Waals surface area (Å²) < 4.78 is 12.4. The van der Waals surface area contributed by atoms with Gasteiger partial charge in [-0.1, -0.05) is 0 Å². The average Bonchev–Trinajstić information content (AvgIpc) is 2.48. The molecule has 1 heterocycles. The number of nitrogens with one attached hydrogen (secondary N) is 1. The topological polar surface area (TPSA) is 43.4 Å². The van der Waals surface area contributed by atoms with Crippen LogP contribution in [-0.2, 0) is 11.3 Å². The van der Waals surface area contributed by atoms with Crippen LogP contribution in [0.4, 0.5) is 5.69 Å². The van der Waals surface area contributed by atoms with Crippen molar-refractivity contribution in [3.8, 4) is 5.75 Å². The van der Waals surface area contributed by atoms with Crippen LogP contribution in [0.5, 0.6) is 5.75 Å². The first-order valence-corrected chi connectivity index (χ1v) is 8.03. The van der Waals surface area contributed by atoms with Gasteiger partial charge >= 0.3 is 0 Å². The van der Waals surface area contributed by atoms with Crippen LogP contribution in [0.3, 0.4) is 0 Å². The van der Waals surface area contributed by atoms with E-state index in [2.05, 4.69) is 42.2 Å². The summed E-state index contributed by atoms with van der Waals surface area (Å²) in [5.74, 6) is 0.834. The summed E-state index contributed by atoms with van der Waals surface area (Å²) in [6, 6.07) is 9.81. The maximum atomic E-state index is 5.52. The average molecular weight is 416 g/mol. The van der Waals surface area contributed by atoms with Gasteiger partial charge in [-0.3, -0.25) is 4.98 Å². The number of aromatic nitrogens is 1. The second kappa shape index (κ2) is 8.36. The van der Waals surface area contributed by atoms with Crippen molar-refractivity contribution in [2.75, 3.05) is 25.6 Å². The summed E-state index contributed by atoms with van der Waals surface area (Å²) in [4.78, 5) is 4.37. The molecule has 1 aromatic heterocycles. The largest absolute Gasteiger partial charge is 0.491 e. The SMILES string of the molecule is COCCOc1ccc(NCc2ncc(Br)cc2Br)cc1. The standard InChI is InChI=1S/C15H16Br2N2O2/c1-20-6-7-21-13-4-2-12(3-5-13)18-10-15-14(17)8-11(16)9-19-15/h2-5,8-9,18H,6-7,10H2,1H3. The molecule has 0 aliphatic rings. The van der Waals surface area contributed by atoms with Crippen LogP contribution in [0.1, 0.15) is 5.69 Å². The zero-order chi connectivity index (χ0) is 15.1. The summed E-state index contributed by atoms with van der Waals surface area (Å²) in [5, 5.41) is 3.33. The van der Waals surface area contributed by atoms with Crippen molar-refractivity contribution in [2.45, 2.75) is 6.54 Å². The molecule has 112 valence electrons. The zero-order valence-corrected chi connectivity index (χ0v) is 14.8. The highest BCUT2D eigenvalue weighted by Crippen LogP contribution is 2.21. The molecule has 0 aliphatic carbocycles. The number of halogens is 2. The molecule has 0 spiro atoms. The van der Waals surface area contributed by atoms with E-state index in [1.165, 1.54) is 0 Å². The van der Waals surface area contributed by atoms with E-state index in [9.17, 15) is 0 Å². The first-order valence-electron chi connectivity index (χ1n) is 6.44. The summed E-state index contributed by atoms with van der Waals surface area (Å²) in [6.45, 7) is 1.79.